The minimum Gasteiger partial charge on any atom is -0.481 e. The van der Waals surface area contributed by atoms with Crippen molar-refractivity contribution in [2.75, 3.05) is 0 Å². The van der Waals surface area contributed by atoms with Gasteiger partial charge in [-0.2, -0.15) is 0 Å². The number of carboxylic acids is 1. The van der Waals surface area contributed by atoms with Crippen molar-refractivity contribution in [1.82, 2.24) is 0 Å². The van der Waals surface area contributed by atoms with E-state index < -0.39 is 18.0 Å². The summed E-state index contributed by atoms with van der Waals surface area (Å²) in [5, 5.41) is 19.0. The fourth-order valence-corrected chi connectivity index (χ4v) is 3.15. The van der Waals surface area contributed by atoms with Crippen molar-refractivity contribution < 1.29 is 15.0 Å². The molecule has 0 amide bonds. The Bertz CT molecular complexity index is 277. The maximum atomic E-state index is 10.9. The normalized spacial score (nSPS) is 20.8. The van der Waals surface area contributed by atoms with Gasteiger partial charge in [0.05, 0.1) is 12.0 Å². The van der Waals surface area contributed by atoms with Gasteiger partial charge in [0.1, 0.15) is 0 Å². The maximum absolute atomic E-state index is 10.9. The predicted molar refractivity (Wildman–Crippen MR) is 83.6 cm³/mol. The summed E-state index contributed by atoms with van der Waals surface area (Å²) in [5.41, 5.74) is 0. The number of rotatable bonds is 10. The molecule has 0 aromatic carbocycles. The third-order valence-corrected chi connectivity index (χ3v) is 4.57. The first-order chi connectivity index (χ1) is 9.18. The van der Waals surface area contributed by atoms with Crippen LogP contribution in [-0.4, -0.2) is 22.3 Å². The van der Waals surface area contributed by atoms with Gasteiger partial charge in [-0.05, 0) is 49.9 Å². The Morgan fingerprint density at radius 1 is 0.900 bits per heavy atom. The molecule has 0 radical (unpaired) electrons. The number of aliphatic hydroxyl groups is 1. The summed E-state index contributed by atoms with van der Waals surface area (Å²) in [4.78, 5) is 10.9. The summed E-state index contributed by atoms with van der Waals surface area (Å²) in [7, 11) is 0. The number of hydrogen-bond acceptors (Lipinski definition) is 2. The van der Waals surface area contributed by atoms with E-state index in [1.165, 1.54) is 12.8 Å². The predicted octanol–water partition coefficient (Wildman–Crippen LogP) is 4.19. The molecule has 2 N–H and O–H groups in total. The van der Waals surface area contributed by atoms with E-state index >= 15 is 0 Å². The second kappa shape index (κ2) is 9.38. The molecule has 1 unspecified atom stereocenters. The molecule has 0 aliphatic heterocycles. The third kappa shape index (κ3) is 7.28. The standard InChI is InChI=1S/C17H34O3/c1-7-11(2)8-12(3)9-13(4)10-14(5)16(18)15(6)17(19)20/h11-16,18H,7-10H2,1-6H3,(H,19,20)/t11?,12-,13-,14-,15+,16+/m0/s1. The van der Waals surface area contributed by atoms with E-state index in [0.29, 0.717) is 11.8 Å². The molecule has 6 atom stereocenters. The number of aliphatic carboxylic acids is 1. The molecule has 120 valence electrons. The van der Waals surface area contributed by atoms with Crippen LogP contribution in [0.3, 0.4) is 0 Å². The lowest BCUT2D eigenvalue weighted by Crippen LogP contribution is -2.32. The lowest BCUT2D eigenvalue weighted by molar-refractivity contribution is -0.146. The van der Waals surface area contributed by atoms with E-state index in [-0.39, 0.29) is 5.92 Å². The van der Waals surface area contributed by atoms with Crippen LogP contribution in [0.5, 0.6) is 0 Å². The van der Waals surface area contributed by atoms with Crippen molar-refractivity contribution in [2.45, 2.75) is 73.3 Å². The van der Waals surface area contributed by atoms with Crippen LogP contribution < -0.4 is 0 Å². The first-order valence-electron chi connectivity index (χ1n) is 8.09. The minimum atomic E-state index is -0.915. The van der Waals surface area contributed by atoms with E-state index in [4.69, 9.17) is 5.11 Å². The van der Waals surface area contributed by atoms with Gasteiger partial charge in [0.2, 0.25) is 0 Å². The maximum Gasteiger partial charge on any atom is 0.308 e. The van der Waals surface area contributed by atoms with Crippen molar-refractivity contribution in [3.63, 3.8) is 0 Å². The third-order valence-electron chi connectivity index (χ3n) is 4.57. The average molecular weight is 286 g/mol. The highest BCUT2D eigenvalue weighted by molar-refractivity contribution is 5.70. The van der Waals surface area contributed by atoms with E-state index in [2.05, 4.69) is 27.7 Å². The van der Waals surface area contributed by atoms with Gasteiger partial charge < -0.3 is 10.2 Å². The fourth-order valence-electron chi connectivity index (χ4n) is 3.15. The highest BCUT2D eigenvalue weighted by atomic mass is 16.4. The lowest BCUT2D eigenvalue weighted by atomic mass is 9.82. The van der Waals surface area contributed by atoms with Crippen molar-refractivity contribution in [3.05, 3.63) is 0 Å². The summed E-state index contributed by atoms with van der Waals surface area (Å²) in [6.45, 7) is 12.6. The Balaban J connectivity index is 4.18. The van der Waals surface area contributed by atoms with Crippen LogP contribution in [0.15, 0.2) is 0 Å². The summed E-state index contributed by atoms with van der Waals surface area (Å²) in [5.74, 6) is 0.428. The van der Waals surface area contributed by atoms with E-state index in [1.54, 1.807) is 6.92 Å². The van der Waals surface area contributed by atoms with Crippen LogP contribution in [0.25, 0.3) is 0 Å². The van der Waals surface area contributed by atoms with Crippen molar-refractivity contribution >= 4 is 5.97 Å². The van der Waals surface area contributed by atoms with Crippen molar-refractivity contribution in [3.8, 4) is 0 Å². The quantitative estimate of drug-likeness (QED) is 0.633. The highest BCUT2D eigenvalue weighted by Crippen LogP contribution is 2.27. The number of hydrogen-bond donors (Lipinski definition) is 2. The van der Waals surface area contributed by atoms with E-state index in [1.807, 2.05) is 6.92 Å². The molecule has 0 aliphatic rings. The average Bonchev–Trinajstić information content (AvgIpc) is 2.35. The molecule has 3 nitrogen and oxygen atoms in total. The SMILES string of the molecule is CCC(C)C[C@H](C)C[C@H](C)C[C@H](C)[C@@H](O)[C@@H](C)C(=O)O. The number of aliphatic hydroxyl groups excluding tert-OH is 1. The lowest BCUT2D eigenvalue weighted by Gasteiger charge is -2.26. The van der Waals surface area contributed by atoms with Crippen LogP contribution in [0, 0.1) is 29.6 Å². The van der Waals surface area contributed by atoms with Crippen LogP contribution >= 0.6 is 0 Å². The molecular formula is C17H34O3. The topological polar surface area (TPSA) is 57.5 Å². The van der Waals surface area contributed by atoms with Gasteiger partial charge >= 0.3 is 5.97 Å². The largest absolute Gasteiger partial charge is 0.481 e. The Morgan fingerprint density at radius 3 is 1.80 bits per heavy atom. The molecule has 0 heterocycles. The van der Waals surface area contributed by atoms with E-state index in [0.717, 1.165) is 18.8 Å². The van der Waals surface area contributed by atoms with Gasteiger partial charge in [-0.15, -0.1) is 0 Å². The number of carbonyl (C=O) groups is 1. The number of carboxylic acid groups (broad SMARTS) is 1. The zero-order chi connectivity index (χ0) is 15.9. The second-order valence-corrected chi connectivity index (χ2v) is 7.03. The highest BCUT2D eigenvalue weighted by Gasteiger charge is 2.27. The molecule has 0 bridgehead atoms. The molecule has 0 fully saturated rings. The van der Waals surface area contributed by atoms with Crippen molar-refractivity contribution in [2.24, 2.45) is 29.6 Å². The molecule has 0 aromatic rings. The summed E-state index contributed by atoms with van der Waals surface area (Å²) < 4.78 is 0. The molecule has 0 spiro atoms. The molecule has 20 heavy (non-hydrogen) atoms. The molecular weight excluding hydrogens is 252 g/mol. The van der Waals surface area contributed by atoms with Gasteiger partial charge in [-0.1, -0.05) is 41.0 Å². The van der Waals surface area contributed by atoms with Crippen LogP contribution in [-0.2, 0) is 4.79 Å². The fraction of sp³-hybridized carbons (Fsp3) is 0.941. The molecule has 0 saturated carbocycles. The van der Waals surface area contributed by atoms with Gasteiger partial charge in [-0.25, -0.2) is 0 Å². The molecule has 0 aliphatic carbocycles. The van der Waals surface area contributed by atoms with E-state index in [9.17, 15) is 9.90 Å². The monoisotopic (exact) mass is 286 g/mol. The van der Waals surface area contributed by atoms with Crippen LogP contribution in [0.4, 0.5) is 0 Å². The smallest absolute Gasteiger partial charge is 0.308 e. The molecule has 0 aromatic heterocycles. The Hall–Kier alpha value is -0.570. The zero-order valence-corrected chi connectivity index (χ0v) is 14.1. The summed E-state index contributed by atoms with van der Waals surface area (Å²) in [6, 6.07) is 0. The molecule has 0 saturated heterocycles. The van der Waals surface area contributed by atoms with Crippen molar-refractivity contribution in [1.29, 1.82) is 0 Å². The summed E-state index contributed by atoms with van der Waals surface area (Å²) >= 11 is 0. The van der Waals surface area contributed by atoms with Gasteiger partial charge in [0, 0.05) is 0 Å². The Morgan fingerprint density at radius 2 is 1.35 bits per heavy atom. The van der Waals surface area contributed by atoms with Crippen LogP contribution in [0.2, 0.25) is 0 Å². The Kier molecular flexibility index (Phi) is 9.11. The van der Waals surface area contributed by atoms with Gasteiger partial charge in [-0.3, -0.25) is 4.79 Å². The van der Waals surface area contributed by atoms with Gasteiger partial charge in [0.15, 0.2) is 0 Å². The minimum absolute atomic E-state index is 0.0342. The first kappa shape index (κ1) is 19.4. The first-order valence-corrected chi connectivity index (χ1v) is 8.09. The zero-order valence-electron chi connectivity index (χ0n) is 14.1. The van der Waals surface area contributed by atoms with Gasteiger partial charge in [0.25, 0.3) is 0 Å². The summed E-state index contributed by atoms with van der Waals surface area (Å²) in [6.07, 6.45) is 3.78. The molecule has 0 rings (SSSR count). The van der Waals surface area contributed by atoms with Crippen LogP contribution in [0.1, 0.15) is 67.2 Å². The Labute approximate surface area is 124 Å². The molecule has 3 heteroatoms. The second-order valence-electron chi connectivity index (χ2n) is 7.03.